The number of hydrazone groups is 1. The Morgan fingerprint density at radius 3 is 2.50 bits per heavy atom. The smallest absolute Gasteiger partial charge is 0.331 e. The number of carboxylic acid groups (broad SMARTS) is 1. The van der Waals surface area contributed by atoms with Crippen molar-refractivity contribution in [1.82, 2.24) is 0 Å². The van der Waals surface area contributed by atoms with Crippen molar-refractivity contribution >= 4 is 35.7 Å². The van der Waals surface area contributed by atoms with Gasteiger partial charge in [-0.3, -0.25) is 4.79 Å². The van der Waals surface area contributed by atoms with Crippen molar-refractivity contribution in [2.24, 2.45) is 10.9 Å². The number of anilines is 2. The highest BCUT2D eigenvalue weighted by molar-refractivity contribution is 6.05. The van der Waals surface area contributed by atoms with E-state index in [1.165, 1.54) is 6.34 Å². The summed E-state index contributed by atoms with van der Waals surface area (Å²) in [6.07, 6.45) is 3.38. The molecule has 0 atom stereocenters. The van der Waals surface area contributed by atoms with Crippen LogP contribution in [0.4, 0.5) is 11.4 Å². The van der Waals surface area contributed by atoms with Crippen LogP contribution in [0.5, 0.6) is 0 Å². The molecule has 0 saturated heterocycles. The van der Waals surface area contributed by atoms with E-state index in [1.807, 2.05) is 0 Å². The summed E-state index contributed by atoms with van der Waals surface area (Å²) >= 11 is 0. The van der Waals surface area contributed by atoms with E-state index in [2.05, 4.69) is 15.7 Å². The van der Waals surface area contributed by atoms with Gasteiger partial charge in [0.25, 0.3) is 5.91 Å². The first-order valence-electron chi connectivity index (χ1n) is 7.97. The van der Waals surface area contributed by atoms with Gasteiger partial charge in [-0.25, -0.2) is 4.79 Å². The quantitative estimate of drug-likeness (QED) is 0.201. The van der Waals surface area contributed by atoms with Crippen molar-refractivity contribution in [3.8, 4) is 0 Å². The number of carboxylic acids is 1. The molecule has 7 nitrogen and oxygen atoms in total. The Hall–Kier alpha value is -3.61. The fourth-order valence-electron chi connectivity index (χ4n) is 2.24. The topological polar surface area (TPSA) is 117 Å². The second kappa shape index (κ2) is 9.03. The zero-order chi connectivity index (χ0) is 18.9. The van der Waals surface area contributed by atoms with Crippen molar-refractivity contribution in [3.63, 3.8) is 0 Å². The number of amides is 1. The van der Waals surface area contributed by atoms with Gasteiger partial charge >= 0.3 is 5.97 Å². The maximum absolute atomic E-state index is 12.4. The number of nitrogens with one attached hydrogen (secondary N) is 2. The summed E-state index contributed by atoms with van der Waals surface area (Å²) < 4.78 is 0. The first-order valence-corrected chi connectivity index (χ1v) is 7.97. The molecule has 0 spiro atoms. The molecule has 0 aliphatic carbocycles. The molecule has 7 heteroatoms. The Balaban J connectivity index is 2.09. The summed E-state index contributed by atoms with van der Waals surface area (Å²) in [6.45, 7) is 1.79. The van der Waals surface area contributed by atoms with E-state index in [9.17, 15) is 9.59 Å². The lowest BCUT2D eigenvalue weighted by molar-refractivity contribution is -0.132. The van der Waals surface area contributed by atoms with Crippen molar-refractivity contribution < 1.29 is 14.7 Å². The fourth-order valence-corrected chi connectivity index (χ4v) is 2.24. The molecule has 0 aliphatic heterocycles. The number of rotatable bonds is 7. The van der Waals surface area contributed by atoms with Crippen LogP contribution in [0.3, 0.4) is 0 Å². The highest BCUT2D eigenvalue weighted by Crippen LogP contribution is 2.16. The normalized spacial score (nSPS) is 11.3. The van der Waals surface area contributed by atoms with Crippen molar-refractivity contribution in [3.05, 3.63) is 65.2 Å². The zero-order valence-corrected chi connectivity index (χ0v) is 14.3. The number of hydrogen-bond acceptors (Lipinski definition) is 4. The van der Waals surface area contributed by atoms with Crippen LogP contribution in [0.1, 0.15) is 29.3 Å². The van der Waals surface area contributed by atoms with Crippen molar-refractivity contribution in [2.45, 2.75) is 13.3 Å². The monoisotopic (exact) mass is 352 g/mol. The summed E-state index contributed by atoms with van der Waals surface area (Å²) in [5, 5.41) is 18.0. The Morgan fingerprint density at radius 1 is 1.15 bits per heavy atom. The molecule has 0 heterocycles. The summed E-state index contributed by atoms with van der Waals surface area (Å²) in [4.78, 5) is 23.4. The standard InChI is InChI=1S/C19H20N4O3/c1-2-14(19(25)26)10-13-6-8-16(9-7-13)23-18(24)15-4-3-5-17(11-15)21-12-22-20/h3-12H,2,20H2,1H3,(H,21,22)(H,23,24)(H,25,26). The lowest BCUT2D eigenvalue weighted by Crippen LogP contribution is -2.12. The molecule has 2 rings (SSSR count). The number of hydrogen-bond donors (Lipinski definition) is 4. The first kappa shape index (κ1) is 18.7. The van der Waals surface area contributed by atoms with Crippen LogP contribution in [-0.2, 0) is 4.79 Å². The van der Waals surface area contributed by atoms with Crippen LogP contribution in [0.2, 0.25) is 0 Å². The molecule has 0 aromatic heterocycles. The average Bonchev–Trinajstić information content (AvgIpc) is 2.65. The highest BCUT2D eigenvalue weighted by Gasteiger charge is 2.07. The molecule has 0 fully saturated rings. The molecule has 0 saturated carbocycles. The van der Waals surface area contributed by atoms with E-state index in [0.29, 0.717) is 28.9 Å². The minimum Gasteiger partial charge on any atom is -0.478 e. The maximum Gasteiger partial charge on any atom is 0.331 e. The molecule has 2 aromatic carbocycles. The van der Waals surface area contributed by atoms with Gasteiger partial charge in [0.1, 0.15) is 6.34 Å². The van der Waals surface area contributed by atoms with Crippen LogP contribution in [0, 0.1) is 0 Å². The van der Waals surface area contributed by atoms with Crippen molar-refractivity contribution in [2.75, 3.05) is 10.6 Å². The molecule has 0 unspecified atom stereocenters. The number of carbonyl (C=O) groups is 2. The minimum absolute atomic E-state index is 0.263. The lowest BCUT2D eigenvalue weighted by Gasteiger charge is -2.07. The van der Waals surface area contributed by atoms with Gasteiger partial charge in [-0.1, -0.05) is 25.1 Å². The van der Waals surface area contributed by atoms with Crippen LogP contribution in [0.15, 0.2) is 59.2 Å². The molecule has 2 aromatic rings. The van der Waals surface area contributed by atoms with Crippen LogP contribution in [0.25, 0.3) is 6.08 Å². The van der Waals surface area contributed by atoms with E-state index in [0.717, 1.165) is 5.56 Å². The van der Waals surface area contributed by atoms with Gasteiger partial charge < -0.3 is 21.6 Å². The molecule has 26 heavy (non-hydrogen) atoms. The van der Waals surface area contributed by atoms with Gasteiger partial charge in [0.15, 0.2) is 0 Å². The molecule has 0 aliphatic rings. The van der Waals surface area contributed by atoms with Gasteiger partial charge in [-0.2, -0.15) is 5.10 Å². The Labute approximate surface area is 151 Å². The molecular weight excluding hydrogens is 332 g/mol. The number of benzene rings is 2. The summed E-state index contributed by atoms with van der Waals surface area (Å²) in [7, 11) is 0. The zero-order valence-electron chi connectivity index (χ0n) is 14.3. The van der Waals surface area contributed by atoms with Gasteiger partial charge in [-0.15, -0.1) is 0 Å². The average molecular weight is 352 g/mol. The van der Waals surface area contributed by atoms with E-state index >= 15 is 0 Å². The number of nitrogens with two attached hydrogens (primary N) is 1. The predicted octanol–water partition coefficient (Wildman–Crippen LogP) is 3.13. The lowest BCUT2D eigenvalue weighted by atomic mass is 10.1. The van der Waals surface area contributed by atoms with Crippen LogP contribution >= 0.6 is 0 Å². The summed E-state index contributed by atoms with van der Waals surface area (Å²) in [6, 6.07) is 13.9. The Kier molecular flexibility index (Phi) is 6.50. The maximum atomic E-state index is 12.4. The molecular formula is C19H20N4O3. The Morgan fingerprint density at radius 2 is 1.88 bits per heavy atom. The number of aliphatic carboxylic acids is 1. The summed E-state index contributed by atoms with van der Waals surface area (Å²) in [5.41, 5.74) is 2.86. The Bertz CT molecular complexity index is 842. The highest BCUT2D eigenvalue weighted by atomic mass is 16.4. The molecule has 134 valence electrons. The third-order valence-electron chi connectivity index (χ3n) is 3.60. The molecule has 0 bridgehead atoms. The number of carbonyl (C=O) groups excluding carboxylic acids is 1. The second-order valence-electron chi connectivity index (χ2n) is 5.41. The van der Waals surface area contributed by atoms with E-state index in [-0.39, 0.29) is 5.91 Å². The second-order valence-corrected chi connectivity index (χ2v) is 5.41. The van der Waals surface area contributed by atoms with E-state index in [4.69, 9.17) is 10.9 Å². The van der Waals surface area contributed by atoms with Crippen LogP contribution in [-0.4, -0.2) is 23.3 Å². The van der Waals surface area contributed by atoms with Gasteiger partial charge in [0, 0.05) is 22.5 Å². The van der Waals surface area contributed by atoms with Crippen molar-refractivity contribution in [1.29, 1.82) is 0 Å². The first-order chi connectivity index (χ1) is 12.5. The summed E-state index contributed by atoms with van der Waals surface area (Å²) in [5.74, 6) is 3.84. The molecule has 5 N–H and O–H groups in total. The molecule has 1 amide bonds. The van der Waals surface area contributed by atoms with Gasteiger partial charge in [0.2, 0.25) is 0 Å². The molecule has 0 radical (unpaired) electrons. The third kappa shape index (κ3) is 5.20. The van der Waals surface area contributed by atoms with Gasteiger partial charge in [-0.05, 0) is 48.4 Å². The van der Waals surface area contributed by atoms with E-state index < -0.39 is 5.97 Å². The fraction of sp³-hybridized carbons (Fsp3) is 0.105. The third-order valence-corrected chi connectivity index (χ3v) is 3.60. The van der Waals surface area contributed by atoms with E-state index in [1.54, 1.807) is 61.5 Å². The predicted molar refractivity (Wildman–Crippen MR) is 103 cm³/mol. The SMILES string of the molecule is CCC(=Cc1ccc(NC(=O)c2cccc(NC=NN)c2)cc1)C(=O)O. The van der Waals surface area contributed by atoms with Gasteiger partial charge in [0.05, 0.1) is 0 Å². The number of nitrogens with zero attached hydrogens (tertiary/aromatic N) is 1. The van der Waals surface area contributed by atoms with Crippen LogP contribution < -0.4 is 16.5 Å². The largest absolute Gasteiger partial charge is 0.478 e. The minimum atomic E-state index is -0.932.